The van der Waals surface area contributed by atoms with Crippen molar-refractivity contribution in [2.45, 2.75) is 128 Å². The van der Waals surface area contributed by atoms with Gasteiger partial charge in [0.2, 0.25) is 5.91 Å². The van der Waals surface area contributed by atoms with Crippen LogP contribution < -0.4 is 16.0 Å². The van der Waals surface area contributed by atoms with Gasteiger partial charge >= 0.3 is 30.3 Å². The van der Waals surface area contributed by atoms with E-state index >= 15 is 0 Å². The number of urea groups is 1. The average Bonchev–Trinajstić information content (AvgIpc) is 3.07. The van der Waals surface area contributed by atoms with E-state index < -0.39 is 18.0 Å². The maximum atomic E-state index is 12.3. The van der Waals surface area contributed by atoms with Crippen molar-refractivity contribution < 1.29 is 53.4 Å². The largest absolute Gasteiger partial charge is 0.481 e. The van der Waals surface area contributed by atoms with Crippen molar-refractivity contribution >= 4 is 42.0 Å². The molecule has 16 nitrogen and oxygen atoms in total. The standard InChI is InChI=1S/C33H55N5O7.2CO2/c1-26(20-21-31(41)42)36-33(45)35-23-12-6-5-8-17-28(39)16-7-3-4-9-19-30(40)37-29(32(43)44)18-11-14-24-38(2)25-27-15-10-13-22-34-27;2*2-1-3/h10,13,15,22,26,29H,3-9,11-12,14,16-21,23-25H2,1-2H3,(H,37,40)(H,41,42)(H,43,44)(H2,35,36,45);;. The van der Waals surface area contributed by atoms with Gasteiger partial charge < -0.3 is 31.1 Å². The zero-order valence-electron chi connectivity index (χ0n) is 29.9. The minimum absolute atomic E-state index is 0.0180. The lowest BCUT2D eigenvalue weighted by atomic mass is 10.0. The van der Waals surface area contributed by atoms with Crippen LogP contribution in [0.4, 0.5) is 4.79 Å². The quantitative estimate of drug-likeness (QED) is 0.0818. The SMILES string of the molecule is CC(CCC(=O)O)NC(=O)NCCCCCCC(=O)CCCCCCC(=O)NC(CCCCN(C)Cc1ccccn1)C(=O)O.O=C=O.O=C=O. The molecule has 5 N–H and O–H groups in total. The van der Waals surface area contributed by atoms with E-state index in [0.29, 0.717) is 45.1 Å². The van der Waals surface area contributed by atoms with Crippen LogP contribution >= 0.6 is 0 Å². The molecule has 1 aromatic heterocycles. The van der Waals surface area contributed by atoms with Crippen LogP contribution in [0.5, 0.6) is 0 Å². The first kappa shape index (κ1) is 48.3. The lowest BCUT2D eigenvalue weighted by Crippen LogP contribution is -2.41. The molecule has 1 rings (SSSR count). The molecule has 3 amide bonds. The molecular weight excluding hydrogens is 666 g/mol. The maximum Gasteiger partial charge on any atom is 0.373 e. The minimum Gasteiger partial charge on any atom is -0.481 e. The summed E-state index contributed by atoms with van der Waals surface area (Å²) in [5.74, 6) is -1.89. The Kier molecular flexibility index (Phi) is 31.9. The van der Waals surface area contributed by atoms with Gasteiger partial charge in [0.05, 0.1) is 5.69 Å². The fraction of sp³-hybridized carbons (Fsp3) is 0.657. The van der Waals surface area contributed by atoms with E-state index in [1.807, 2.05) is 25.2 Å². The highest BCUT2D eigenvalue weighted by Gasteiger charge is 2.19. The van der Waals surface area contributed by atoms with Crippen molar-refractivity contribution in [1.29, 1.82) is 0 Å². The topological polar surface area (TPSA) is 246 Å². The third kappa shape index (κ3) is 33.5. The summed E-state index contributed by atoms with van der Waals surface area (Å²) in [5.41, 5.74) is 0.990. The summed E-state index contributed by atoms with van der Waals surface area (Å²) < 4.78 is 0. The van der Waals surface area contributed by atoms with E-state index in [4.69, 9.17) is 24.3 Å². The van der Waals surface area contributed by atoms with Crippen molar-refractivity contribution in [3.05, 3.63) is 30.1 Å². The van der Waals surface area contributed by atoms with Gasteiger partial charge in [-0.3, -0.25) is 19.4 Å². The zero-order chi connectivity index (χ0) is 38.7. The first-order valence-electron chi connectivity index (χ1n) is 17.3. The van der Waals surface area contributed by atoms with Gasteiger partial charge in [-0.15, -0.1) is 0 Å². The second-order valence-electron chi connectivity index (χ2n) is 12.0. The van der Waals surface area contributed by atoms with Gasteiger partial charge in [0.15, 0.2) is 0 Å². The molecule has 286 valence electrons. The molecule has 0 bridgehead atoms. The first-order valence-corrected chi connectivity index (χ1v) is 17.3. The summed E-state index contributed by atoms with van der Waals surface area (Å²) in [6.45, 7) is 3.86. The number of rotatable bonds is 27. The molecule has 2 unspecified atom stereocenters. The molecule has 0 fully saturated rings. The summed E-state index contributed by atoms with van der Waals surface area (Å²) in [7, 11) is 2.01. The van der Waals surface area contributed by atoms with Crippen LogP contribution in [0.2, 0.25) is 0 Å². The summed E-state index contributed by atoms with van der Waals surface area (Å²) in [5, 5.41) is 26.3. The third-order valence-corrected chi connectivity index (χ3v) is 7.52. The molecule has 0 saturated heterocycles. The van der Waals surface area contributed by atoms with Crippen molar-refractivity contribution in [2.24, 2.45) is 0 Å². The second kappa shape index (κ2) is 33.7. The Hall–Kier alpha value is -4.78. The number of carbonyl (C=O) groups excluding carboxylic acids is 7. The highest BCUT2D eigenvalue weighted by atomic mass is 16.4. The molecule has 0 aliphatic carbocycles. The van der Waals surface area contributed by atoms with Crippen molar-refractivity contribution in [3.63, 3.8) is 0 Å². The fourth-order valence-electron chi connectivity index (χ4n) is 4.88. The summed E-state index contributed by atoms with van der Waals surface area (Å²) in [4.78, 5) is 97.4. The maximum absolute atomic E-state index is 12.3. The molecule has 0 aliphatic heterocycles. The predicted molar refractivity (Wildman–Crippen MR) is 183 cm³/mol. The number of carboxylic acids is 2. The van der Waals surface area contributed by atoms with Crippen LogP contribution in [-0.2, 0) is 44.9 Å². The lowest BCUT2D eigenvalue weighted by Gasteiger charge is -2.17. The minimum atomic E-state index is -1.01. The molecule has 1 aromatic rings. The number of unbranched alkanes of at least 4 members (excludes halogenated alkanes) is 7. The molecule has 2 atom stereocenters. The molecule has 0 spiro atoms. The average molecular weight is 722 g/mol. The van der Waals surface area contributed by atoms with E-state index in [0.717, 1.165) is 70.2 Å². The van der Waals surface area contributed by atoms with Gasteiger partial charge in [-0.05, 0) is 84.0 Å². The van der Waals surface area contributed by atoms with E-state index in [2.05, 4.69) is 25.8 Å². The van der Waals surface area contributed by atoms with Crippen LogP contribution in [0.25, 0.3) is 0 Å². The van der Waals surface area contributed by atoms with E-state index in [1.165, 1.54) is 0 Å². The Morgan fingerprint density at radius 2 is 1.35 bits per heavy atom. The van der Waals surface area contributed by atoms with Gasteiger partial charge in [-0.2, -0.15) is 19.2 Å². The highest BCUT2D eigenvalue weighted by molar-refractivity contribution is 5.83. The van der Waals surface area contributed by atoms with Crippen LogP contribution in [0.1, 0.15) is 115 Å². The van der Waals surface area contributed by atoms with Crippen LogP contribution in [-0.4, -0.2) is 94.3 Å². The number of carboxylic acid groups (broad SMARTS) is 2. The Morgan fingerprint density at radius 3 is 1.90 bits per heavy atom. The van der Waals surface area contributed by atoms with Gasteiger partial charge in [-0.1, -0.05) is 31.7 Å². The number of hydrogen-bond acceptors (Lipinski definition) is 11. The molecule has 1 heterocycles. The predicted octanol–water partition coefficient (Wildman–Crippen LogP) is 3.50. The molecule has 0 aromatic carbocycles. The Labute approximate surface area is 299 Å². The summed E-state index contributed by atoms with van der Waals surface area (Å²) in [6, 6.07) is 4.43. The van der Waals surface area contributed by atoms with Crippen molar-refractivity contribution in [1.82, 2.24) is 25.8 Å². The number of aromatic nitrogens is 1. The number of nitrogens with one attached hydrogen (secondary N) is 3. The molecule has 0 aliphatic rings. The number of ketones is 1. The fourth-order valence-corrected chi connectivity index (χ4v) is 4.88. The smallest absolute Gasteiger partial charge is 0.373 e. The second-order valence-corrected chi connectivity index (χ2v) is 12.0. The normalized spacial score (nSPS) is 11.2. The van der Waals surface area contributed by atoms with Gasteiger partial charge in [0.1, 0.15) is 11.8 Å². The molecule has 16 heteroatoms. The number of nitrogens with zero attached hydrogens (tertiary/aromatic N) is 2. The number of carbonyl (C=O) groups is 5. The van der Waals surface area contributed by atoms with Crippen molar-refractivity contribution in [3.8, 4) is 0 Å². The zero-order valence-corrected chi connectivity index (χ0v) is 29.9. The Morgan fingerprint density at radius 1 is 0.765 bits per heavy atom. The van der Waals surface area contributed by atoms with Gasteiger partial charge in [0, 0.05) is 51.0 Å². The summed E-state index contributed by atoms with van der Waals surface area (Å²) in [6.07, 6.45) is 12.6. The monoisotopic (exact) mass is 721 g/mol. The number of pyridine rings is 1. The highest BCUT2D eigenvalue weighted by Crippen LogP contribution is 2.11. The number of amides is 3. The summed E-state index contributed by atoms with van der Waals surface area (Å²) >= 11 is 0. The van der Waals surface area contributed by atoms with E-state index in [9.17, 15) is 29.1 Å². The first-order chi connectivity index (χ1) is 24.4. The van der Waals surface area contributed by atoms with Gasteiger partial charge in [0.25, 0.3) is 0 Å². The number of aliphatic carboxylic acids is 2. The van der Waals surface area contributed by atoms with E-state index in [1.54, 1.807) is 13.1 Å². The Bertz CT molecular complexity index is 1180. The number of hydrogen-bond donors (Lipinski definition) is 5. The van der Waals surface area contributed by atoms with E-state index in [-0.39, 0.29) is 48.9 Å². The molecular formula is C35H55N5O11. The molecule has 51 heavy (non-hydrogen) atoms. The molecule has 0 saturated carbocycles. The third-order valence-electron chi connectivity index (χ3n) is 7.52. The van der Waals surface area contributed by atoms with Crippen LogP contribution in [0.3, 0.4) is 0 Å². The Balaban J connectivity index is 0. The van der Waals surface area contributed by atoms with Gasteiger partial charge in [-0.25, -0.2) is 9.59 Å². The van der Waals surface area contributed by atoms with Crippen LogP contribution in [0, 0.1) is 0 Å². The lowest BCUT2D eigenvalue weighted by molar-refractivity contribution is -0.193. The van der Waals surface area contributed by atoms with Crippen molar-refractivity contribution in [2.75, 3.05) is 20.1 Å². The number of Topliss-reactive ketones (excluding diaryl/α,β-unsaturated/α-hetero) is 1. The van der Waals surface area contributed by atoms with Crippen LogP contribution in [0.15, 0.2) is 24.4 Å². The molecule has 0 radical (unpaired) electrons.